The summed E-state index contributed by atoms with van der Waals surface area (Å²) in [6.07, 6.45) is 0.926. The maximum Gasteiger partial charge on any atom is 0.137 e. The Labute approximate surface area is 116 Å². The first-order valence-corrected chi connectivity index (χ1v) is 6.91. The lowest BCUT2D eigenvalue weighted by Gasteiger charge is -2.28. The van der Waals surface area contributed by atoms with Crippen molar-refractivity contribution in [2.24, 2.45) is 0 Å². The van der Waals surface area contributed by atoms with Crippen LogP contribution in [0.1, 0.15) is 34.1 Å². The van der Waals surface area contributed by atoms with Gasteiger partial charge < -0.3 is 10.1 Å². The monoisotopic (exact) mass is 315 g/mol. The molecule has 1 heterocycles. The van der Waals surface area contributed by atoms with E-state index in [2.05, 4.69) is 48.9 Å². The first-order chi connectivity index (χ1) is 8.20. The summed E-state index contributed by atoms with van der Waals surface area (Å²) >= 11 is 3.20. The van der Waals surface area contributed by atoms with E-state index in [-0.39, 0.29) is 23.1 Å². The molecule has 0 spiro atoms. The lowest BCUT2D eigenvalue weighted by atomic mass is 9.94. The van der Waals surface area contributed by atoms with Crippen molar-refractivity contribution in [2.45, 2.75) is 51.4 Å². The summed E-state index contributed by atoms with van der Waals surface area (Å²) in [4.78, 5) is 0. The Bertz CT molecular complexity index is 459. The van der Waals surface area contributed by atoms with Gasteiger partial charge in [0.1, 0.15) is 5.82 Å². The quantitative estimate of drug-likeness (QED) is 0.876. The van der Waals surface area contributed by atoms with Crippen molar-refractivity contribution in [1.29, 1.82) is 0 Å². The fourth-order valence-corrected chi connectivity index (χ4v) is 2.95. The Kier molecular flexibility index (Phi) is 3.45. The van der Waals surface area contributed by atoms with Gasteiger partial charge in [0.05, 0.1) is 21.7 Å². The van der Waals surface area contributed by atoms with E-state index in [0.717, 1.165) is 12.1 Å². The number of anilines is 1. The first-order valence-electron chi connectivity index (χ1n) is 6.11. The van der Waals surface area contributed by atoms with Gasteiger partial charge in [0.25, 0.3) is 0 Å². The van der Waals surface area contributed by atoms with E-state index >= 15 is 0 Å². The van der Waals surface area contributed by atoms with Crippen molar-refractivity contribution in [1.82, 2.24) is 0 Å². The van der Waals surface area contributed by atoms with Crippen LogP contribution in [0.2, 0.25) is 0 Å². The van der Waals surface area contributed by atoms with Crippen LogP contribution in [0.4, 0.5) is 10.1 Å². The topological polar surface area (TPSA) is 21.3 Å². The van der Waals surface area contributed by atoms with Crippen LogP contribution >= 0.6 is 15.9 Å². The lowest BCUT2D eigenvalue weighted by molar-refractivity contribution is -0.0662. The molecule has 0 saturated carbocycles. The second-order valence-electron chi connectivity index (χ2n) is 6.00. The normalized spacial score (nSPS) is 25.1. The molecule has 1 fully saturated rings. The number of halogens is 2. The number of nitrogens with one attached hydrogen (secondary N) is 1. The zero-order chi connectivity index (χ0) is 13.6. The molecular formula is C14H19BrFNO. The highest BCUT2D eigenvalue weighted by Gasteiger charge is 2.45. The molecule has 18 heavy (non-hydrogen) atoms. The second kappa shape index (κ2) is 4.49. The SMILES string of the molecule is CC1(C)CC(Nc2ccc(F)c(Br)c2)C(C)(C)O1. The number of hydrogen-bond donors (Lipinski definition) is 1. The van der Waals surface area contributed by atoms with Crippen LogP contribution in [0.15, 0.2) is 22.7 Å². The van der Waals surface area contributed by atoms with Gasteiger partial charge in [-0.1, -0.05) is 0 Å². The minimum Gasteiger partial charge on any atom is -0.379 e. The molecule has 1 atom stereocenters. The molecule has 0 aromatic heterocycles. The highest BCUT2D eigenvalue weighted by Crippen LogP contribution is 2.39. The van der Waals surface area contributed by atoms with Gasteiger partial charge in [-0.2, -0.15) is 0 Å². The summed E-state index contributed by atoms with van der Waals surface area (Å²) in [5.41, 5.74) is 0.547. The Balaban J connectivity index is 2.16. The van der Waals surface area contributed by atoms with Crippen LogP contribution in [-0.2, 0) is 4.74 Å². The largest absolute Gasteiger partial charge is 0.379 e. The third-order valence-electron chi connectivity index (χ3n) is 3.33. The fraction of sp³-hybridized carbons (Fsp3) is 0.571. The molecule has 1 aromatic carbocycles. The summed E-state index contributed by atoms with van der Waals surface area (Å²) in [6.45, 7) is 8.35. The van der Waals surface area contributed by atoms with Gasteiger partial charge in [-0.15, -0.1) is 0 Å². The maximum atomic E-state index is 13.2. The van der Waals surface area contributed by atoms with E-state index in [4.69, 9.17) is 4.74 Å². The molecule has 0 radical (unpaired) electrons. The lowest BCUT2D eigenvalue weighted by Crippen LogP contribution is -2.38. The molecule has 0 amide bonds. The van der Waals surface area contributed by atoms with Crippen molar-refractivity contribution in [3.8, 4) is 0 Å². The van der Waals surface area contributed by atoms with Crippen molar-refractivity contribution in [3.05, 3.63) is 28.5 Å². The van der Waals surface area contributed by atoms with Gasteiger partial charge in [0, 0.05) is 5.69 Å². The zero-order valence-electron chi connectivity index (χ0n) is 11.2. The molecule has 4 heteroatoms. The maximum absolute atomic E-state index is 13.2. The van der Waals surface area contributed by atoms with Gasteiger partial charge >= 0.3 is 0 Å². The van der Waals surface area contributed by atoms with Crippen LogP contribution in [0, 0.1) is 5.82 Å². The van der Waals surface area contributed by atoms with Gasteiger partial charge in [-0.25, -0.2) is 4.39 Å². The molecule has 2 rings (SSSR count). The molecule has 2 nitrogen and oxygen atoms in total. The van der Waals surface area contributed by atoms with Crippen molar-refractivity contribution in [2.75, 3.05) is 5.32 Å². The minimum absolute atomic E-state index is 0.127. The molecule has 1 aliphatic rings. The molecule has 1 N–H and O–H groups in total. The smallest absolute Gasteiger partial charge is 0.137 e. The number of hydrogen-bond acceptors (Lipinski definition) is 2. The number of ether oxygens (including phenoxy) is 1. The van der Waals surface area contributed by atoms with Gasteiger partial charge in [0.15, 0.2) is 0 Å². The Morgan fingerprint density at radius 3 is 2.50 bits per heavy atom. The van der Waals surface area contributed by atoms with Crippen LogP contribution < -0.4 is 5.32 Å². The summed E-state index contributed by atoms with van der Waals surface area (Å²) in [5.74, 6) is -0.247. The molecule has 1 aromatic rings. The van der Waals surface area contributed by atoms with E-state index in [1.807, 2.05) is 0 Å². The van der Waals surface area contributed by atoms with Crippen LogP contribution in [-0.4, -0.2) is 17.2 Å². The van der Waals surface area contributed by atoms with E-state index in [9.17, 15) is 4.39 Å². The molecular weight excluding hydrogens is 297 g/mol. The molecule has 1 saturated heterocycles. The van der Waals surface area contributed by atoms with Gasteiger partial charge in [-0.05, 0) is 68.2 Å². The third kappa shape index (κ3) is 2.86. The predicted octanol–water partition coefficient (Wildman–Crippen LogP) is 4.35. The van der Waals surface area contributed by atoms with Crippen LogP contribution in [0.5, 0.6) is 0 Å². The minimum atomic E-state index is -0.247. The molecule has 1 unspecified atom stereocenters. The molecule has 0 bridgehead atoms. The van der Waals surface area contributed by atoms with Gasteiger partial charge in [-0.3, -0.25) is 0 Å². The molecule has 0 aliphatic carbocycles. The van der Waals surface area contributed by atoms with Crippen molar-refractivity contribution >= 4 is 21.6 Å². The number of benzene rings is 1. The zero-order valence-corrected chi connectivity index (χ0v) is 12.8. The second-order valence-corrected chi connectivity index (χ2v) is 6.85. The first kappa shape index (κ1) is 13.8. The highest BCUT2D eigenvalue weighted by atomic mass is 79.9. The number of rotatable bonds is 2. The Morgan fingerprint density at radius 1 is 1.33 bits per heavy atom. The Morgan fingerprint density at radius 2 is 2.00 bits per heavy atom. The molecule has 1 aliphatic heterocycles. The fourth-order valence-electron chi connectivity index (χ4n) is 2.57. The van der Waals surface area contributed by atoms with Gasteiger partial charge in [0.2, 0.25) is 0 Å². The average molecular weight is 316 g/mol. The van der Waals surface area contributed by atoms with Crippen molar-refractivity contribution < 1.29 is 9.13 Å². The summed E-state index contributed by atoms with van der Waals surface area (Å²) in [6, 6.07) is 5.18. The van der Waals surface area contributed by atoms with E-state index in [1.54, 1.807) is 12.1 Å². The summed E-state index contributed by atoms with van der Waals surface area (Å²) in [7, 11) is 0. The highest BCUT2D eigenvalue weighted by molar-refractivity contribution is 9.10. The standard InChI is InChI=1S/C14H19BrFNO/c1-13(2)8-12(14(3,4)18-13)17-9-5-6-11(16)10(15)7-9/h5-7,12,17H,8H2,1-4H3. The van der Waals surface area contributed by atoms with E-state index < -0.39 is 0 Å². The third-order valence-corrected chi connectivity index (χ3v) is 3.94. The molecule has 100 valence electrons. The van der Waals surface area contributed by atoms with Crippen LogP contribution in [0.25, 0.3) is 0 Å². The van der Waals surface area contributed by atoms with Crippen molar-refractivity contribution in [3.63, 3.8) is 0 Å². The summed E-state index contributed by atoms with van der Waals surface area (Å²) in [5, 5.41) is 3.43. The van der Waals surface area contributed by atoms with Crippen LogP contribution in [0.3, 0.4) is 0 Å². The van der Waals surface area contributed by atoms with E-state index in [0.29, 0.717) is 4.47 Å². The predicted molar refractivity (Wildman–Crippen MR) is 75.4 cm³/mol. The Hall–Kier alpha value is -0.610. The average Bonchev–Trinajstić information content (AvgIpc) is 2.40. The van der Waals surface area contributed by atoms with E-state index in [1.165, 1.54) is 6.07 Å². The summed E-state index contributed by atoms with van der Waals surface area (Å²) < 4.78 is 19.7.